The fourth-order valence-corrected chi connectivity index (χ4v) is 3.08. The smallest absolute Gasteiger partial charge is 0.415 e. The standard InChI is InChI=1S/C16H23BrN2O2/c1-10-7-11(17)8-12-13(10)19(16(5,6)9-18-12)14(20)21-15(2,3)4/h7-8,18H,9H2,1-6H3. The average Bonchev–Trinajstić information content (AvgIpc) is 2.26. The van der Waals surface area contributed by atoms with Crippen LogP contribution in [0, 0.1) is 6.92 Å². The van der Waals surface area contributed by atoms with E-state index in [2.05, 4.69) is 21.2 Å². The predicted octanol–water partition coefficient (Wildman–Crippen LogP) is 4.70. The maximum absolute atomic E-state index is 12.7. The van der Waals surface area contributed by atoms with Gasteiger partial charge in [-0.1, -0.05) is 15.9 Å². The van der Waals surface area contributed by atoms with Crippen LogP contribution < -0.4 is 10.2 Å². The van der Waals surface area contributed by atoms with Gasteiger partial charge in [0.2, 0.25) is 0 Å². The molecule has 0 unspecified atom stereocenters. The minimum atomic E-state index is -0.512. The van der Waals surface area contributed by atoms with E-state index >= 15 is 0 Å². The number of hydrogen-bond acceptors (Lipinski definition) is 3. The normalized spacial score (nSPS) is 17.0. The largest absolute Gasteiger partial charge is 0.443 e. The summed E-state index contributed by atoms with van der Waals surface area (Å²) in [5, 5.41) is 3.40. The number of carbonyl (C=O) groups is 1. The first kappa shape index (κ1) is 16.1. The summed E-state index contributed by atoms with van der Waals surface area (Å²) in [6.07, 6.45) is -0.305. The van der Waals surface area contributed by atoms with Gasteiger partial charge in [-0.2, -0.15) is 0 Å². The van der Waals surface area contributed by atoms with Crippen LogP contribution in [0.5, 0.6) is 0 Å². The number of nitrogens with one attached hydrogen (secondary N) is 1. The molecular formula is C16H23BrN2O2. The highest BCUT2D eigenvalue weighted by molar-refractivity contribution is 9.10. The van der Waals surface area contributed by atoms with Gasteiger partial charge in [-0.05, 0) is 59.2 Å². The van der Waals surface area contributed by atoms with Crippen LogP contribution in [0.25, 0.3) is 0 Å². The highest BCUT2D eigenvalue weighted by Gasteiger charge is 2.40. The highest BCUT2D eigenvalue weighted by Crippen LogP contribution is 2.41. The van der Waals surface area contributed by atoms with Crippen molar-refractivity contribution in [2.24, 2.45) is 0 Å². The van der Waals surface area contributed by atoms with E-state index in [1.54, 1.807) is 4.90 Å². The number of ether oxygens (including phenoxy) is 1. The number of benzene rings is 1. The lowest BCUT2D eigenvalue weighted by Crippen LogP contribution is -2.56. The zero-order chi connectivity index (χ0) is 16.0. The van der Waals surface area contributed by atoms with Crippen LogP contribution in [0.2, 0.25) is 0 Å². The molecule has 116 valence electrons. The van der Waals surface area contributed by atoms with Crippen LogP contribution in [0.4, 0.5) is 16.2 Å². The molecule has 1 N–H and O–H groups in total. The Labute approximate surface area is 135 Å². The Bertz CT molecular complexity index is 576. The van der Waals surface area contributed by atoms with Crippen molar-refractivity contribution in [2.75, 3.05) is 16.8 Å². The van der Waals surface area contributed by atoms with Crippen LogP contribution in [0.15, 0.2) is 16.6 Å². The Balaban J connectivity index is 2.51. The zero-order valence-electron chi connectivity index (χ0n) is 13.5. The summed E-state index contributed by atoms with van der Waals surface area (Å²) in [5.74, 6) is 0. The Morgan fingerprint density at radius 3 is 2.57 bits per heavy atom. The van der Waals surface area contributed by atoms with Crippen molar-refractivity contribution in [3.63, 3.8) is 0 Å². The van der Waals surface area contributed by atoms with Crippen molar-refractivity contribution in [3.05, 3.63) is 22.2 Å². The number of carbonyl (C=O) groups excluding carboxylic acids is 1. The van der Waals surface area contributed by atoms with E-state index in [0.717, 1.165) is 21.4 Å². The summed E-state index contributed by atoms with van der Waals surface area (Å²) >= 11 is 3.50. The van der Waals surface area contributed by atoms with E-state index in [1.807, 2.05) is 53.7 Å². The molecule has 0 aliphatic carbocycles. The third-order valence-corrected chi connectivity index (χ3v) is 3.84. The number of halogens is 1. The third kappa shape index (κ3) is 3.34. The molecule has 0 bridgehead atoms. The minimum Gasteiger partial charge on any atom is -0.443 e. The summed E-state index contributed by atoms with van der Waals surface area (Å²) in [5.41, 5.74) is 2.01. The zero-order valence-corrected chi connectivity index (χ0v) is 15.1. The van der Waals surface area contributed by atoms with Crippen molar-refractivity contribution in [3.8, 4) is 0 Å². The molecule has 5 heteroatoms. The van der Waals surface area contributed by atoms with Gasteiger partial charge >= 0.3 is 6.09 Å². The van der Waals surface area contributed by atoms with E-state index < -0.39 is 5.60 Å². The lowest BCUT2D eigenvalue weighted by Gasteiger charge is -2.44. The second kappa shape index (κ2) is 5.20. The van der Waals surface area contributed by atoms with Gasteiger partial charge in [-0.15, -0.1) is 0 Å². The van der Waals surface area contributed by atoms with Gasteiger partial charge in [0, 0.05) is 11.0 Å². The summed E-state index contributed by atoms with van der Waals surface area (Å²) in [6.45, 7) is 12.4. The number of aryl methyl sites for hydroxylation is 1. The Kier molecular flexibility index (Phi) is 4.00. The lowest BCUT2D eigenvalue weighted by atomic mass is 9.96. The van der Waals surface area contributed by atoms with E-state index in [-0.39, 0.29) is 11.6 Å². The lowest BCUT2D eigenvalue weighted by molar-refractivity contribution is 0.0546. The molecule has 0 spiro atoms. The number of amides is 1. The molecule has 0 saturated carbocycles. The molecule has 1 aliphatic rings. The summed E-state index contributed by atoms with van der Waals surface area (Å²) in [6, 6.07) is 4.01. The maximum Gasteiger partial charge on any atom is 0.415 e. The summed E-state index contributed by atoms with van der Waals surface area (Å²) in [7, 11) is 0. The Hall–Kier alpha value is -1.23. The van der Waals surface area contributed by atoms with Crippen molar-refractivity contribution in [1.29, 1.82) is 0 Å². The molecule has 1 heterocycles. The van der Waals surface area contributed by atoms with Crippen molar-refractivity contribution in [1.82, 2.24) is 0 Å². The van der Waals surface area contributed by atoms with Gasteiger partial charge in [-0.3, -0.25) is 4.90 Å². The summed E-state index contributed by atoms with van der Waals surface area (Å²) < 4.78 is 6.60. The second-order valence-corrected chi connectivity index (χ2v) is 8.02. The van der Waals surface area contributed by atoms with Crippen LogP contribution in [0.1, 0.15) is 40.2 Å². The molecule has 0 fully saturated rings. The van der Waals surface area contributed by atoms with Crippen molar-refractivity contribution in [2.45, 2.75) is 52.7 Å². The van der Waals surface area contributed by atoms with E-state index in [1.165, 1.54) is 0 Å². The van der Waals surface area contributed by atoms with Gasteiger partial charge in [0.15, 0.2) is 0 Å². The number of anilines is 2. The predicted molar refractivity (Wildman–Crippen MR) is 90.2 cm³/mol. The molecule has 0 radical (unpaired) electrons. The van der Waals surface area contributed by atoms with Crippen LogP contribution in [-0.2, 0) is 4.74 Å². The second-order valence-electron chi connectivity index (χ2n) is 7.10. The van der Waals surface area contributed by atoms with Crippen LogP contribution >= 0.6 is 15.9 Å². The van der Waals surface area contributed by atoms with Crippen molar-refractivity contribution < 1.29 is 9.53 Å². The molecule has 1 aromatic rings. The Morgan fingerprint density at radius 1 is 1.38 bits per heavy atom. The van der Waals surface area contributed by atoms with E-state index in [4.69, 9.17) is 4.74 Å². The van der Waals surface area contributed by atoms with Gasteiger partial charge in [0.05, 0.1) is 16.9 Å². The molecule has 0 aromatic heterocycles. The third-order valence-electron chi connectivity index (χ3n) is 3.38. The van der Waals surface area contributed by atoms with E-state index in [0.29, 0.717) is 6.54 Å². The SMILES string of the molecule is Cc1cc(Br)cc2c1N(C(=O)OC(C)(C)C)C(C)(C)CN2. The molecule has 1 amide bonds. The van der Waals surface area contributed by atoms with Gasteiger partial charge in [0.25, 0.3) is 0 Å². The van der Waals surface area contributed by atoms with Crippen LogP contribution in [-0.4, -0.2) is 23.8 Å². The topological polar surface area (TPSA) is 41.6 Å². The molecular weight excluding hydrogens is 332 g/mol. The van der Waals surface area contributed by atoms with Gasteiger partial charge in [-0.25, -0.2) is 4.79 Å². The van der Waals surface area contributed by atoms with Crippen LogP contribution in [0.3, 0.4) is 0 Å². The monoisotopic (exact) mass is 354 g/mol. The molecule has 1 aliphatic heterocycles. The molecule has 0 saturated heterocycles. The quantitative estimate of drug-likeness (QED) is 0.733. The first-order valence-electron chi connectivity index (χ1n) is 7.08. The fraction of sp³-hybridized carbons (Fsp3) is 0.562. The molecule has 2 rings (SSSR count). The number of fused-ring (bicyclic) bond motifs is 1. The van der Waals surface area contributed by atoms with Gasteiger partial charge in [0.1, 0.15) is 5.60 Å². The minimum absolute atomic E-state index is 0.305. The molecule has 4 nitrogen and oxygen atoms in total. The molecule has 1 aromatic carbocycles. The number of rotatable bonds is 0. The van der Waals surface area contributed by atoms with Crippen molar-refractivity contribution >= 4 is 33.4 Å². The first-order chi connectivity index (χ1) is 9.51. The highest BCUT2D eigenvalue weighted by atomic mass is 79.9. The Morgan fingerprint density at radius 2 is 2.00 bits per heavy atom. The van der Waals surface area contributed by atoms with E-state index in [9.17, 15) is 4.79 Å². The fourth-order valence-electron chi connectivity index (χ4n) is 2.51. The number of nitrogens with zero attached hydrogens (tertiary/aromatic N) is 1. The van der Waals surface area contributed by atoms with Gasteiger partial charge < -0.3 is 10.1 Å². The molecule has 21 heavy (non-hydrogen) atoms. The maximum atomic E-state index is 12.7. The molecule has 0 atom stereocenters. The first-order valence-corrected chi connectivity index (χ1v) is 7.88. The number of hydrogen-bond donors (Lipinski definition) is 1. The summed E-state index contributed by atoms with van der Waals surface area (Å²) in [4.78, 5) is 14.5. The average molecular weight is 355 g/mol.